The molecule has 3 nitrogen and oxygen atoms in total. The van der Waals surface area contributed by atoms with Crippen molar-refractivity contribution in [2.24, 2.45) is 0 Å². The number of hydrogen-bond acceptors (Lipinski definition) is 2. The Morgan fingerprint density at radius 3 is 2.62 bits per heavy atom. The van der Waals surface area contributed by atoms with E-state index in [2.05, 4.69) is 55.7 Å². The van der Waals surface area contributed by atoms with Gasteiger partial charge in [-0.1, -0.05) is 39.2 Å². The average Bonchev–Trinajstić information content (AvgIpc) is 3.17. The van der Waals surface area contributed by atoms with Gasteiger partial charge in [-0.2, -0.15) is 5.26 Å². The van der Waals surface area contributed by atoms with Crippen LogP contribution in [0.4, 0.5) is 0 Å². The van der Waals surface area contributed by atoms with Crippen molar-refractivity contribution in [2.75, 3.05) is 0 Å². The molecule has 3 heteroatoms. The standard InChI is InChI=1S/C26H31N3/c1-5-17(2)26-19(4)23(15-27)18(3)13-22(26)20-11-12-25-24(14-20)28-16-29(25)21-9-7-6-8-10-21/h11-14,16-17,21H,5-10H2,1-4H3. The molecule has 1 heterocycles. The summed E-state index contributed by atoms with van der Waals surface area (Å²) >= 11 is 0. The lowest BCUT2D eigenvalue weighted by Crippen LogP contribution is -2.11. The van der Waals surface area contributed by atoms with Gasteiger partial charge in [0, 0.05) is 6.04 Å². The number of fused-ring (bicyclic) bond motifs is 1. The summed E-state index contributed by atoms with van der Waals surface area (Å²) in [4.78, 5) is 4.76. The third-order valence-electron chi connectivity index (χ3n) is 6.90. The molecular formula is C26H31N3. The van der Waals surface area contributed by atoms with Crippen LogP contribution in [0, 0.1) is 25.2 Å². The minimum absolute atomic E-state index is 0.410. The van der Waals surface area contributed by atoms with E-state index in [0.717, 1.165) is 28.6 Å². The number of rotatable bonds is 4. The number of imidazole rings is 1. The third-order valence-corrected chi connectivity index (χ3v) is 6.90. The zero-order valence-electron chi connectivity index (χ0n) is 18.1. The van der Waals surface area contributed by atoms with Crippen LogP contribution in [0.5, 0.6) is 0 Å². The second-order valence-electron chi connectivity index (χ2n) is 8.72. The lowest BCUT2D eigenvalue weighted by molar-refractivity contribution is 0.359. The summed E-state index contributed by atoms with van der Waals surface area (Å²) in [6, 6.07) is 11.9. The number of aromatic nitrogens is 2. The Morgan fingerprint density at radius 2 is 1.93 bits per heavy atom. The molecule has 0 saturated heterocycles. The van der Waals surface area contributed by atoms with Gasteiger partial charge >= 0.3 is 0 Å². The van der Waals surface area contributed by atoms with Gasteiger partial charge in [-0.25, -0.2) is 4.98 Å². The second-order valence-corrected chi connectivity index (χ2v) is 8.72. The van der Waals surface area contributed by atoms with Gasteiger partial charge in [-0.15, -0.1) is 0 Å². The fourth-order valence-electron chi connectivity index (χ4n) is 5.10. The molecule has 0 radical (unpaired) electrons. The van der Waals surface area contributed by atoms with Gasteiger partial charge < -0.3 is 4.57 Å². The van der Waals surface area contributed by atoms with Crippen molar-refractivity contribution in [3.63, 3.8) is 0 Å². The fourth-order valence-corrected chi connectivity index (χ4v) is 5.10. The summed E-state index contributed by atoms with van der Waals surface area (Å²) < 4.78 is 2.39. The first-order chi connectivity index (χ1) is 14.0. The summed E-state index contributed by atoms with van der Waals surface area (Å²) in [7, 11) is 0. The summed E-state index contributed by atoms with van der Waals surface area (Å²) in [5.41, 5.74) is 9.09. The van der Waals surface area contributed by atoms with Crippen molar-refractivity contribution in [1.29, 1.82) is 5.26 Å². The highest BCUT2D eigenvalue weighted by molar-refractivity contribution is 5.84. The lowest BCUT2D eigenvalue weighted by Gasteiger charge is -2.24. The van der Waals surface area contributed by atoms with E-state index in [0.29, 0.717) is 12.0 Å². The molecule has 0 N–H and O–H groups in total. The highest BCUT2D eigenvalue weighted by Crippen LogP contribution is 2.38. The van der Waals surface area contributed by atoms with Crippen LogP contribution in [0.2, 0.25) is 0 Å². The molecule has 2 aromatic carbocycles. The molecule has 0 aliphatic heterocycles. The molecule has 1 atom stereocenters. The zero-order chi connectivity index (χ0) is 20.5. The fraction of sp³-hybridized carbons (Fsp3) is 0.462. The SMILES string of the molecule is CCC(C)c1c(-c2ccc3c(c2)ncn3C2CCCCC2)cc(C)c(C#N)c1C. The zero-order valence-corrected chi connectivity index (χ0v) is 18.1. The van der Waals surface area contributed by atoms with E-state index in [4.69, 9.17) is 4.98 Å². The van der Waals surface area contributed by atoms with Crippen molar-refractivity contribution < 1.29 is 0 Å². The maximum atomic E-state index is 9.64. The Hall–Kier alpha value is -2.60. The van der Waals surface area contributed by atoms with Gasteiger partial charge in [0.25, 0.3) is 0 Å². The highest BCUT2D eigenvalue weighted by atomic mass is 15.1. The summed E-state index contributed by atoms with van der Waals surface area (Å²) in [5, 5.41) is 9.64. The first kappa shape index (κ1) is 19.7. The van der Waals surface area contributed by atoms with Crippen LogP contribution in [0.15, 0.2) is 30.6 Å². The smallest absolute Gasteiger partial charge is 0.0997 e. The molecule has 1 aliphatic carbocycles. The third kappa shape index (κ3) is 3.46. The molecule has 3 aromatic rings. The van der Waals surface area contributed by atoms with Gasteiger partial charge in [-0.05, 0) is 85.0 Å². The van der Waals surface area contributed by atoms with Gasteiger partial charge in [0.2, 0.25) is 0 Å². The van der Waals surface area contributed by atoms with Gasteiger partial charge in [0.1, 0.15) is 0 Å². The summed E-state index contributed by atoms with van der Waals surface area (Å²) in [6.07, 6.45) is 9.63. The van der Waals surface area contributed by atoms with Crippen LogP contribution >= 0.6 is 0 Å². The van der Waals surface area contributed by atoms with Crippen molar-refractivity contribution in [1.82, 2.24) is 9.55 Å². The van der Waals surface area contributed by atoms with Crippen LogP contribution in [0.1, 0.15) is 86.6 Å². The van der Waals surface area contributed by atoms with E-state index < -0.39 is 0 Å². The molecule has 0 spiro atoms. The van der Waals surface area contributed by atoms with E-state index in [1.807, 2.05) is 13.3 Å². The van der Waals surface area contributed by atoms with Gasteiger partial charge in [0.05, 0.1) is 29.0 Å². The molecule has 0 bridgehead atoms. The molecule has 29 heavy (non-hydrogen) atoms. The topological polar surface area (TPSA) is 41.6 Å². The molecule has 150 valence electrons. The summed E-state index contributed by atoms with van der Waals surface area (Å²) in [5.74, 6) is 0.410. The Kier molecular flexibility index (Phi) is 5.46. The van der Waals surface area contributed by atoms with Gasteiger partial charge in [-0.3, -0.25) is 0 Å². The molecule has 4 rings (SSSR count). The number of aryl methyl sites for hydroxylation is 1. The predicted molar refractivity (Wildman–Crippen MR) is 120 cm³/mol. The average molecular weight is 386 g/mol. The van der Waals surface area contributed by atoms with Gasteiger partial charge in [0.15, 0.2) is 0 Å². The molecule has 1 aliphatic rings. The Labute approximate surface area is 174 Å². The van der Waals surface area contributed by atoms with Crippen LogP contribution in [-0.2, 0) is 0 Å². The van der Waals surface area contributed by atoms with Crippen molar-refractivity contribution >= 4 is 11.0 Å². The largest absolute Gasteiger partial charge is 0.327 e. The molecular weight excluding hydrogens is 354 g/mol. The first-order valence-electron chi connectivity index (χ1n) is 11.1. The van der Waals surface area contributed by atoms with Crippen LogP contribution < -0.4 is 0 Å². The van der Waals surface area contributed by atoms with Crippen LogP contribution in [0.25, 0.3) is 22.2 Å². The number of hydrogen-bond donors (Lipinski definition) is 0. The minimum atomic E-state index is 0.410. The molecule has 1 fully saturated rings. The quantitative estimate of drug-likeness (QED) is 0.476. The Morgan fingerprint density at radius 1 is 1.17 bits per heavy atom. The molecule has 1 unspecified atom stereocenters. The van der Waals surface area contributed by atoms with E-state index >= 15 is 0 Å². The van der Waals surface area contributed by atoms with Crippen LogP contribution in [0.3, 0.4) is 0 Å². The van der Waals surface area contributed by atoms with E-state index in [9.17, 15) is 5.26 Å². The number of benzene rings is 2. The second kappa shape index (κ2) is 8.03. The minimum Gasteiger partial charge on any atom is -0.327 e. The maximum absolute atomic E-state index is 9.64. The van der Waals surface area contributed by atoms with E-state index in [1.165, 1.54) is 54.3 Å². The molecule has 1 saturated carbocycles. The number of nitriles is 1. The first-order valence-corrected chi connectivity index (χ1v) is 11.1. The lowest BCUT2D eigenvalue weighted by atomic mass is 9.83. The van der Waals surface area contributed by atoms with E-state index in [1.54, 1.807) is 0 Å². The van der Waals surface area contributed by atoms with Crippen LogP contribution in [-0.4, -0.2) is 9.55 Å². The summed E-state index contributed by atoms with van der Waals surface area (Å²) in [6.45, 7) is 8.63. The predicted octanol–water partition coefficient (Wildman–Crippen LogP) is 7.21. The maximum Gasteiger partial charge on any atom is 0.0997 e. The molecule has 0 amide bonds. The highest BCUT2D eigenvalue weighted by Gasteiger charge is 2.20. The Bertz CT molecular complexity index is 1080. The van der Waals surface area contributed by atoms with E-state index in [-0.39, 0.29) is 0 Å². The van der Waals surface area contributed by atoms with Crippen molar-refractivity contribution in [2.45, 2.75) is 78.2 Å². The Balaban J connectivity index is 1.84. The normalized spacial score (nSPS) is 16.1. The van der Waals surface area contributed by atoms with Crippen molar-refractivity contribution in [3.8, 4) is 17.2 Å². The number of nitrogens with zero attached hydrogens (tertiary/aromatic N) is 3. The monoisotopic (exact) mass is 385 g/mol. The molecule has 1 aromatic heterocycles. The van der Waals surface area contributed by atoms with Crippen molar-refractivity contribution in [3.05, 3.63) is 52.8 Å².